The number of hydrogen-bond donors (Lipinski definition) is 1. The highest BCUT2D eigenvalue weighted by Crippen LogP contribution is 2.15. The maximum Gasteiger partial charge on any atom is 0.325 e. The van der Waals surface area contributed by atoms with Gasteiger partial charge in [-0.1, -0.05) is 0 Å². The van der Waals surface area contributed by atoms with Gasteiger partial charge < -0.3 is 19.9 Å². The van der Waals surface area contributed by atoms with Crippen LogP contribution in [-0.4, -0.2) is 50.8 Å². The monoisotopic (exact) mass is 281 g/mol. The van der Waals surface area contributed by atoms with Crippen LogP contribution in [0.4, 0.5) is 11.4 Å². The molecule has 0 aliphatic rings. The van der Waals surface area contributed by atoms with E-state index in [-0.39, 0.29) is 12.5 Å². The second-order valence-corrected chi connectivity index (χ2v) is 4.69. The normalized spacial score (nSPS) is 9.68. The summed E-state index contributed by atoms with van der Waals surface area (Å²) in [5.74, 6) is -0.324. The first kappa shape index (κ1) is 15.2. The molecule has 104 valence electrons. The fourth-order valence-corrected chi connectivity index (χ4v) is 1.57. The summed E-state index contributed by atoms with van der Waals surface area (Å²) in [6.07, 6.45) is 0. The van der Waals surface area contributed by atoms with Crippen molar-refractivity contribution in [2.75, 3.05) is 45.0 Å². The van der Waals surface area contributed by atoms with Gasteiger partial charge in [-0.15, -0.1) is 0 Å². The van der Waals surface area contributed by atoms with Gasteiger partial charge in [-0.3, -0.25) is 4.79 Å². The van der Waals surface area contributed by atoms with Gasteiger partial charge in [0.15, 0.2) is 5.11 Å². The topological polar surface area (TPSA) is 44.8 Å². The third-order valence-electron chi connectivity index (χ3n) is 2.58. The first-order valence-electron chi connectivity index (χ1n) is 5.80. The van der Waals surface area contributed by atoms with Crippen molar-refractivity contribution >= 4 is 34.7 Å². The zero-order valence-corrected chi connectivity index (χ0v) is 12.5. The van der Waals surface area contributed by atoms with Crippen LogP contribution in [-0.2, 0) is 9.53 Å². The highest BCUT2D eigenvalue weighted by atomic mass is 32.1. The molecule has 6 heteroatoms. The lowest BCUT2D eigenvalue weighted by atomic mass is 10.2. The molecule has 0 aromatic heterocycles. The number of benzene rings is 1. The lowest BCUT2D eigenvalue weighted by molar-refractivity contribution is -0.140. The van der Waals surface area contributed by atoms with Crippen LogP contribution in [0.25, 0.3) is 0 Å². The van der Waals surface area contributed by atoms with Gasteiger partial charge in [-0.25, -0.2) is 0 Å². The van der Waals surface area contributed by atoms with Gasteiger partial charge in [-0.05, 0) is 36.5 Å². The van der Waals surface area contributed by atoms with E-state index >= 15 is 0 Å². The van der Waals surface area contributed by atoms with Crippen molar-refractivity contribution in [3.05, 3.63) is 24.3 Å². The van der Waals surface area contributed by atoms with Crippen LogP contribution in [0.3, 0.4) is 0 Å². The maximum absolute atomic E-state index is 11.1. The number of carbonyl (C=O) groups excluding carboxylic acids is 1. The minimum atomic E-state index is -0.324. The molecule has 0 saturated heterocycles. The zero-order chi connectivity index (χ0) is 14.4. The molecule has 0 amide bonds. The Hall–Kier alpha value is -1.82. The van der Waals surface area contributed by atoms with E-state index in [0.29, 0.717) is 5.11 Å². The first-order chi connectivity index (χ1) is 8.93. The molecule has 0 aliphatic heterocycles. The molecule has 0 radical (unpaired) electrons. The standard InChI is InChI=1S/C13H19N3O2S/c1-15(2)11-7-5-10(6-8-11)14-13(19)16(3)9-12(17)18-4/h5-8H,9H2,1-4H3,(H,14,19). The first-order valence-corrected chi connectivity index (χ1v) is 6.21. The zero-order valence-electron chi connectivity index (χ0n) is 11.6. The Bertz CT molecular complexity index is 446. The second-order valence-electron chi connectivity index (χ2n) is 4.30. The Morgan fingerprint density at radius 3 is 2.32 bits per heavy atom. The summed E-state index contributed by atoms with van der Waals surface area (Å²) in [5.41, 5.74) is 1.99. The molecular weight excluding hydrogens is 262 g/mol. The van der Waals surface area contributed by atoms with Crippen molar-refractivity contribution in [2.45, 2.75) is 0 Å². The Balaban J connectivity index is 2.59. The van der Waals surface area contributed by atoms with E-state index in [4.69, 9.17) is 12.2 Å². The number of nitrogens with one attached hydrogen (secondary N) is 1. The SMILES string of the molecule is COC(=O)CN(C)C(=S)Nc1ccc(N(C)C)cc1. The summed E-state index contributed by atoms with van der Waals surface area (Å²) in [5, 5.41) is 3.54. The average Bonchev–Trinajstić information content (AvgIpc) is 2.38. The van der Waals surface area contributed by atoms with Gasteiger partial charge in [0.2, 0.25) is 0 Å². The van der Waals surface area contributed by atoms with E-state index < -0.39 is 0 Å². The van der Waals surface area contributed by atoms with Crippen molar-refractivity contribution in [2.24, 2.45) is 0 Å². The molecular formula is C13H19N3O2S. The summed E-state index contributed by atoms with van der Waals surface area (Å²) in [6, 6.07) is 7.86. The van der Waals surface area contributed by atoms with Crippen LogP contribution in [0.5, 0.6) is 0 Å². The maximum atomic E-state index is 11.1. The van der Waals surface area contributed by atoms with E-state index in [1.165, 1.54) is 7.11 Å². The van der Waals surface area contributed by atoms with E-state index in [1.807, 2.05) is 43.3 Å². The number of rotatable bonds is 4. The molecule has 1 aromatic carbocycles. The Labute approximate surface area is 119 Å². The predicted molar refractivity (Wildman–Crippen MR) is 81.6 cm³/mol. The van der Waals surface area contributed by atoms with Crippen molar-refractivity contribution < 1.29 is 9.53 Å². The van der Waals surface area contributed by atoms with Crippen molar-refractivity contribution in [3.8, 4) is 0 Å². The number of anilines is 2. The summed E-state index contributed by atoms with van der Waals surface area (Å²) < 4.78 is 4.59. The predicted octanol–water partition coefficient (Wildman–Crippen LogP) is 1.55. The number of carbonyl (C=O) groups is 1. The summed E-state index contributed by atoms with van der Waals surface area (Å²) in [4.78, 5) is 14.8. The number of likely N-dealkylation sites (N-methyl/N-ethyl adjacent to an activating group) is 1. The lowest BCUT2D eigenvalue weighted by Gasteiger charge is -2.20. The van der Waals surface area contributed by atoms with Crippen molar-refractivity contribution in [3.63, 3.8) is 0 Å². The highest BCUT2D eigenvalue weighted by molar-refractivity contribution is 7.80. The van der Waals surface area contributed by atoms with Crippen LogP contribution in [0.15, 0.2) is 24.3 Å². The molecule has 0 fully saturated rings. The van der Waals surface area contributed by atoms with Crippen molar-refractivity contribution in [1.82, 2.24) is 4.90 Å². The van der Waals surface area contributed by atoms with Gasteiger partial charge in [0.1, 0.15) is 6.54 Å². The number of thiocarbonyl (C=S) groups is 1. The third kappa shape index (κ3) is 4.75. The quantitative estimate of drug-likeness (QED) is 0.667. The molecule has 19 heavy (non-hydrogen) atoms. The van der Waals surface area contributed by atoms with E-state index in [1.54, 1.807) is 11.9 Å². The van der Waals surface area contributed by atoms with Gasteiger partial charge in [-0.2, -0.15) is 0 Å². The van der Waals surface area contributed by atoms with E-state index in [2.05, 4.69) is 10.1 Å². The van der Waals surface area contributed by atoms with E-state index in [0.717, 1.165) is 11.4 Å². The van der Waals surface area contributed by atoms with E-state index in [9.17, 15) is 4.79 Å². The molecule has 0 heterocycles. The number of ether oxygens (including phenoxy) is 1. The average molecular weight is 281 g/mol. The number of methoxy groups -OCH3 is 1. The number of esters is 1. The third-order valence-corrected chi connectivity index (χ3v) is 2.99. The molecule has 5 nitrogen and oxygen atoms in total. The summed E-state index contributed by atoms with van der Waals surface area (Å²) in [7, 11) is 7.06. The lowest BCUT2D eigenvalue weighted by Crippen LogP contribution is -2.35. The van der Waals surface area contributed by atoms with Gasteiger partial charge in [0, 0.05) is 32.5 Å². The number of nitrogens with zero attached hydrogens (tertiary/aromatic N) is 2. The summed E-state index contributed by atoms with van der Waals surface area (Å²) in [6.45, 7) is 0.123. The van der Waals surface area contributed by atoms with Crippen LogP contribution in [0, 0.1) is 0 Å². The van der Waals surface area contributed by atoms with Crippen LogP contribution in [0.2, 0.25) is 0 Å². The molecule has 0 aliphatic carbocycles. The number of hydrogen-bond acceptors (Lipinski definition) is 4. The molecule has 1 N–H and O–H groups in total. The minimum absolute atomic E-state index is 0.123. The molecule has 0 atom stereocenters. The molecule has 1 aromatic rings. The van der Waals surface area contributed by atoms with Gasteiger partial charge >= 0.3 is 5.97 Å². The molecule has 1 rings (SSSR count). The molecule has 0 spiro atoms. The fraction of sp³-hybridized carbons (Fsp3) is 0.385. The van der Waals surface area contributed by atoms with Gasteiger partial charge in [0.25, 0.3) is 0 Å². The smallest absolute Gasteiger partial charge is 0.325 e. The Morgan fingerprint density at radius 1 is 1.26 bits per heavy atom. The highest BCUT2D eigenvalue weighted by Gasteiger charge is 2.09. The molecule has 0 unspecified atom stereocenters. The van der Waals surface area contributed by atoms with Gasteiger partial charge in [0.05, 0.1) is 7.11 Å². The molecule has 0 saturated carbocycles. The Morgan fingerprint density at radius 2 is 1.84 bits per heavy atom. The van der Waals surface area contributed by atoms with Crippen molar-refractivity contribution in [1.29, 1.82) is 0 Å². The summed E-state index contributed by atoms with van der Waals surface area (Å²) >= 11 is 5.21. The van der Waals surface area contributed by atoms with Crippen LogP contribution < -0.4 is 10.2 Å². The minimum Gasteiger partial charge on any atom is -0.468 e. The van der Waals surface area contributed by atoms with Crippen LogP contribution >= 0.6 is 12.2 Å². The Kier molecular flexibility index (Phi) is 5.57. The fourth-order valence-electron chi connectivity index (χ4n) is 1.39. The van der Waals surface area contributed by atoms with Crippen LogP contribution in [0.1, 0.15) is 0 Å². The second kappa shape index (κ2) is 6.94. The largest absolute Gasteiger partial charge is 0.468 e. The molecule has 0 bridgehead atoms.